The van der Waals surface area contributed by atoms with Gasteiger partial charge in [0.05, 0.1) is 17.8 Å². The van der Waals surface area contributed by atoms with Gasteiger partial charge in [-0.2, -0.15) is 11.8 Å². The Morgan fingerprint density at radius 2 is 1.57 bits per heavy atom. The third kappa shape index (κ3) is 4.85. The summed E-state index contributed by atoms with van der Waals surface area (Å²) in [4.78, 5) is 20.4. The van der Waals surface area contributed by atoms with Gasteiger partial charge in [-0.05, 0) is 58.1 Å². The van der Waals surface area contributed by atoms with E-state index < -0.39 is 0 Å². The number of carbonyl (C=O) groups is 1. The standard InChI is InChI=1S/C9H13NOS.C9H15NS/c1-6-2-3-9-8(10-6)4-7(11)5-12-9;1-7-4-5-9-8(10-7)3-2-6-11-9/h8-9H,2-5H2,1H3;8-9H,2-6H2,1H3. The lowest BCUT2D eigenvalue weighted by molar-refractivity contribution is -0.117. The molecule has 128 valence electrons. The van der Waals surface area contributed by atoms with Crippen LogP contribution in [-0.2, 0) is 4.79 Å². The van der Waals surface area contributed by atoms with Crippen LogP contribution < -0.4 is 0 Å². The number of nitrogens with zero attached hydrogens (tertiary/aromatic N) is 2. The molecule has 0 saturated carbocycles. The van der Waals surface area contributed by atoms with Crippen molar-refractivity contribution in [1.82, 2.24) is 0 Å². The van der Waals surface area contributed by atoms with Crippen molar-refractivity contribution < 1.29 is 4.79 Å². The number of hydrogen-bond donors (Lipinski definition) is 0. The monoisotopic (exact) mass is 352 g/mol. The third-order valence-electron chi connectivity index (χ3n) is 5.08. The van der Waals surface area contributed by atoms with Crippen LogP contribution in [-0.4, -0.2) is 51.3 Å². The Kier molecular flexibility index (Phi) is 6.25. The van der Waals surface area contributed by atoms with Crippen LogP contribution in [0.25, 0.3) is 0 Å². The molecule has 23 heavy (non-hydrogen) atoms. The lowest BCUT2D eigenvalue weighted by atomic mass is 9.98. The van der Waals surface area contributed by atoms with Gasteiger partial charge in [-0.3, -0.25) is 14.8 Å². The molecule has 4 atom stereocenters. The molecule has 0 amide bonds. The molecule has 2 fully saturated rings. The quantitative estimate of drug-likeness (QED) is 0.656. The summed E-state index contributed by atoms with van der Waals surface area (Å²) >= 11 is 3.94. The van der Waals surface area contributed by atoms with E-state index in [9.17, 15) is 4.79 Å². The predicted molar refractivity (Wildman–Crippen MR) is 104 cm³/mol. The number of Topliss-reactive ketones (excluding diaryl/α,β-unsaturated/α-hetero) is 1. The average Bonchev–Trinajstić information content (AvgIpc) is 2.55. The fourth-order valence-electron chi connectivity index (χ4n) is 3.78. The van der Waals surface area contributed by atoms with Crippen molar-refractivity contribution in [2.24, 2.45) is 9.98 Å². The normalized spacial score (nSPS) is 36.7. The number of fused-ring (bicyclic) bond motifs is 2. The number of aliphatic imine (C=N–C) groups is 2. The predicted octanol–water partition coefficient (Wildman–Crippen LogP) is 4.19. The van der Waals surface area contributed by atoms with Crippen molar-refractivity contribution in [2.75, 3.05) is 11.5 Å². The first kappa shape index (κ1) is 17.5. The number of ketones is 1. The molecule has 0 aromatic rings. The van der Waals surface area contributed by atoms with Crippen molar-refractivity contribution in [3.8, 4) is 0 Å². The van der Waals surface area contributed by atoms with Crippen LogP contribution in [0, 0.1) is 0 Å². The highest BCUT2D eigenvalue weighted by Gasteiger charge is 2.31. The number of rotatable bonds is 0. The lowest BCUT2D eigenvalue weighted by Crippen LogP contribution is -2.35. The molecule has 5 heteroatoms. The second kappa shape index (κ2) is 8.19. The molecule has 0 spiro atoms. The van der Waals surface area contributed by atoms with Crippen LogP contribution in [0.2, 0.25) is 0 Å². The maximum Gasteiger partial charge on any atom is 0.144 e. The Hall–Kier alpha value is -0.290. The van der Waals surface area contributed by atoms with Gasteiger partial charge in [-0.1, -0.05) is 0 Å². The molecule has 2 saturated heterocycles. The minimum absolute atomic E-state index is 0.310. The zero-order valence-corrected chi connectivity index (χ0v) is 15.9. The Labute approximate surface area is 148 Å². The summed E-state index contributed by atoms with van der Waals surface area (Å²) in [6, 6.07) is 0.993. The molecular formula is C18H28N2OS2. The van der Waals surface area contributed by atoms with Crippen molar-refractivity contribution in [1.29, 1.82) is 0 Å². The van der Waals surface area contributed by atoms with Crippen LogP contribution >= 0.6 is 23.5 Å². The van der Waals surface area contributed by atoms with Gasteiger partial charge >= 0.3 is 0 Å². The van der Waals surface area contributed by atoms with E-state index in [1.807, 2.05) is 0 Å². The summed E-state index contributed by atoms with van der Waals surface area (Å²) < 4.78 is 0. The van der Waals surface area contributed by atoms with Crippen LogP contribution in [0.15, 0.2) is 9.98 Å². The fraction of sp³-hybridized carbons (Fsp3) is 0.833. The summed E-state index contributed by atoms with van der Waals surface area (Å²) in [6.45, 7) is 4.25. The van der Waals surface area contributed by atoms with Gasteiger partial charge in [-0.15, -0.1) is 11.8 Å². The largest absolute Gasteiger partial charge is 0.299 e. The van der Waals surface area contributed by atoms with E-state index in [1.54, 1.807) is 11.8 Å². The zero-order valence-electron chi connectivity index (χ0n) is 14.3. The van der Waals surface area contributed by atoms with Gasteiger partial charge in [0.1, 0.15) is 5.78 Å². The molecule has 0 radical (unpaired) electrons. The molecular weight excluding hydrogens is 324 g/mol. The van der Waals surface area contributed by atoms with Gasteiger partial charge < -0.3 is 0 Å². The minimum Gasteiger partial charge on any atom is -0.299 e. The highest BCUT2D eigenvalue weighted by atomic mass is 32.2. The Morgan fingerprint density at radius 1 is 0.913 bits per heavy atom. The average molecular weight is 353 g/mol. The number of carbonyl (C=O) groups excluding carboxylic acids is 1. The highest BCUT2D eigenvalue weighted by molar-refractivity contribution is 8.00. The minimum atomic E-state index is 0.310. The summed E-state index contributed by atoms with van der Waals surface area (Å²) in [6.07, 6.45) is 8.38. The third-order valence-corrected chi connectivity index (χ3v) is 8.05. The molecule has 4 aliphatic heterocycles. The van der Waals surface area contributed by atoms with Crippen molar-refractivity contribution >= 4 is 40.7 Å². The van der Waals surface area contributed by atoms with E-state index in [2.05, 4.69) is 30.6 Å². The van der Waals surface area contributed by atoms with Crippen LogP contribution in [0.4, 0.5) is 0 Å². The summed E-state index contributed by atoms with van der Waals surface area (Å²) in [7, 11) is 0. The maximum atomic E-state index is 11.1. The molecule has 0 N–H and O–H groups in total. The zero-order chi connectivity index (χ0) is 16.2. The van der Waals surface area contributed by atoms with Crippen LogP contribution in [0.3, 0.4) is 0 Å². The van der Waals surface area contributed by atoms with Crippen molar-refractivity contribution in [2.45, 2.75) is 81.4 Å². The van der Waals surface area contributed by atoms with E-state index in [4.69, 9.17) is 4.99 Å². The Morgan fingerprint density at radius 3 is 2.30 bits per heavy atom. The van der Waals surface area contributed by atoms with Gasteiger partial charge in [0, 0.05) is 28.3 Å². The second-order valence-electron chi connectivity index (χ2n) is 7.08. The molecule has 3 nitrogen and oxygen atoms in total. The lowest BCUT2D eigenvalue weighted by Gasteiger charge is -2.32. The van der Waals surface area contributed by atoms with E-state index in [0.717, 1.165) is 17.4 Å². The van der Waals surface area contributed by atoms with Gasteiger partial charge in [-0.25, -0.2) is 0 Å². The van der Waals surface area contributed by atoms with Crippen molar-refractivity contribution in [3.05, 3.63) is 0 Å². The molecule has 4 rings (SSSR count). The molecule has 4 aliphatic rings. The first-order valence-electron chi connectivity index (χ1n) is 8.93. The molecule has 4 unspecified atom stereocenters. The molecule has 0 aliphatic carbocycles. The molecule has 4 heterocycles. The van der Waals surface area contributed by atoms with Crippen LogP contribution in [0.5, 0.6) is 0 Å². The fourth-order valence-corrected chi connectivity index (χ4v) is 6.31. The van der Waals surface area contributed by atoms with E-state index in [-0.39, 0.29) is 0 Å². The van der Waals surface area contributed by atoms with Gasteiger partial charge in [0.25, 0.3) is 0 Å². The first-order valence-corrected chi connectivity index (χ1v) is 11.0. The van der Waals surface area contributed by atoms with Crippen LogP contribution in [0.1, 0.15) is 58.8 Å². The van der Waals surface area contributed by atoms with Crippen molar-refractivity contribution in [3.63, 3.8) is 0 Å². The molecule has 0 bridgehead atoms. The first-order chi connectivity index (χ1) is 11.1. The van der Waals surface area contributed by atoms with E-state index in [1.165, 1.54) is 49.3 Å². The van der Waals surface area contributed by atoms with E-state index in [0.29, 0.717) is 29.5 Å². The van der Waals surface area contributed by atoms with E-state index >= 15 is 0 Å². The number of thioether (sulfide) groups is 2. The summed E-state index contributed by atoms with van der Waals surface area (Å²) in [5.41, 5.74) is 2.61. The SMILES string of the molecule is CC1=NC2CC(=O)CSC2CC1.CC1=NC2CCCSC2CC1. The second-order valence-corrected chi connectivity index (χ2v) is 9.66. The molecule has 0 aromatic heterocycles. The summed E-state index contributed by atoms with van der Waals surface area (Å²) in [5.74, 6) is 2.46. The van der Waals surface area contributed by atoms with Gasteiger partial charge in [0.2, 0.25) is 0 Å². The smallest absolute Gasteiger partial charge is 0.144 e. The topological polar surface area (TPSA) is 41.8 Å². The maximum absolute atomic E-state index is 11.1. The molecule has 0 aromatic carbocycles. The summed E-state index contributed by atoms with van der Waals surface area (Å²) in [5, 5.41) is 1.50. The number of hydrogen-bond acceptors (Lipinski definition) is 5. The van der Waals surface area contributed by atoms with Gasteiger partial charge in [0.15, 0.2) is 0 Å². The Bertz CT molecular complexity index is 503. The Balaban J connectivity index is 0.000000136. The highest BCUT2D eigenvalue weighted by Crippen LogP contribution is 2.34.